The zero-order valence-electron chi connectivity index (χ0n) is 11.1. The lowest BCUT2D eigenvalue weighted by Gasteiger charge is -2.12. The van der Waals surface area contributed by atoms with Crippen molar-refractivity contribution in [2.75, 3.05) is 18.1 Å². The van der Waals surface area contributed by atoms with Gasteiger partial charge < -0.3 is 5.32 Å². The van der Waals surface area contributed by atoms with Crippen molar-refractivity contribution >= 4 is 9.84 Å². The molecule has 3 nitrogen and oxygen atoms in total. The lowest BCUT2D eigenvalue weighted by Crippen LogP contribution is -2.25. The van der Waals surface area contributed by atoms with Crippen LogP contribution < -0.4 is 5.32 Å². The van der Waals surface area contributed by atoms with Crippen LogP contribution in [-0.4, -0.2) is 32.5 Å². The molecule has 0 aromatic heterocycles. The van der Waals surface area contributed by atoms with Gasteiger partial charge >= 0.3 is 0 Å². The summed E-state index contributed by atoms with van der Waals surface area (Å²) in [6.07, 6.45) is 2.85. The smallest absolute Gasteiger partial charge is 0.150 e. The van der Waals surface area contributed by atoms with Crippen molar-refractivity contribution < 1.29 is 8.42 Å². The maximum atomic E-state index is 11.6. The third-order valence-electron chi connectivity index (χ3n) is 2.48. The van der Waals surface area contributed by atoms with Gasteiger partial charge in [0.25, 0.3) is 0 Å². The molecule has 0 aromatic rings. The van der Waals surface area contributed by atoms with Crippen molar-refractivity contribution in [2.24, 2.45) is 5.92 Å². The normalized spacial score (nSPS) is 14.3. The zero-order valence-corrected chi connectivity index (χ0v) is 11.9. The molecular weight excluding hydrogens is 222 g/mol. The topological polar surface area (TPSA) is 46.2 Å². The molecule has 0 aromatic carbocycles. The van der Waals surface area contributed by atoms with E-state index in [9.17, 15) is 8.42 Å². The van der Waals surface area contributed by atoms with Crippen LogP contribution in [0.25, 0.3) is 0 Å². The molecule has 1 atom stereocenters. The van der Waals surface area contributed by atoms with Gasteiger partial charge in [0.15, 0.2) is 9.84 Å². The van der Waals surface area contributed by atoms with Gasteiger partial charge in [-0.2, -0.15) is 0 Å². The average molecular weight is 249 g/mol. The van der Waals surface area contributed by atoms with Crippen LogP contribution in [0.4, 0.5) is 0 Å². The minimum atomic E-state index is -2.81. The van der Waals surface area contributed by atoms with Crippen LogP contribution in [0, 0.1) is 5.92 Å². The van der Waals surface area contributed by atoms with E-state index in [2.05, 4.69) is 19.2 Å². The van der Waals surface area contributed by atoms with Crippen LogP contribution >= 0.6 is 0 Å². The summed E-state index contributed by atoms with van der Waals surface area (Å²) in [6.45, 7) is 9.11. The van der Waals surface area contributed by atoms with Gasteiger partial charge in [-0.05, 0) is 32.2 Å². The number of sulfone groups is 1. The second-order valence-corrected chi connectivity index (χ2v) is 7.19. The predicted octanol–water partition coefficient (Wildman–Crippen LogP) is 2.23. The summed E-state index contributed by atoms with van der Waals surface area (Å²) in [4.78, 5) is 0. The van der Waals surface area contributed by atoms with Gasteiger partial charge in [0.2, 0.25) is 0 Å². The molecule has 98 valence electrons. The second kappa shape index (κ2) is 8.07. The quantitative estimate of drug-likeness (QED) is 0.637. The Morgan fingerprint density at radius 1 is 1.12 bits per heavy atom. The van der Waals surface area contributed by atoms with Crippen LogP contribution in [-0.2, 0) is 9.84 Å². The predicted molar refractivity (Wildman–Crippen MR) is 70.5 cm³/mol. The molecule has 4 heteroatoms. The highest BCUT2D eigenvalue weighted by molar-refractivity contribution is 7.91. The Labute approximate surface area is 101 Å². The first-order chi connectivity index (χ1) is 7.37. The fraction of sp³-hybridized carbons (Fsp3) is 1.00. The highest BCUT2D eigenvalue weighted by atomic mass is 32.2. The number of hydrogen-bond donors (Lipinski definition) is 1. The number of unbranched alkanes of at least 4 members (excludes halogenated alkanes) is 1. The largest absolute Gasteiger partial charge is 0.315 e. The van der Waals surface area contributed by atoms with Gasteiger partial charge in [-0.25, -0.2) is 8.42 Å². The van der Waals surface area contributed by atoms with E-state index in [1.807, 2.05) is 13.8 Å². The minimum Gasteiger partial charge on any atom is -0.315 e. The highest BCUT2D eigenvalue weighted by Gasteiger charge is 2.12. The average Bonchev–Trinajstić information content (AvgIpc) is 2.11. The SMILES string of the molecule is CCNC(C)CCCCS(=O)(=O)CC(C)C. The van der Waals surface area contributed by atoms with Gasteiger partial charge in [-0.15, -0.1) is 0 Å². The summed E-state index contributed by atoms with van der Waals surface area (Å²) in [5.74, 6) is 0.922. The van der Waals surface area contributed by atoms with E-state index in [1.54, 1.807) is 0 Å². The maximum Gasteiger partial charge on any atom is 0.150 e. The Hall–Kier alpha value is -0.0900. The second-order valence-electron chi connectivity index (χ2n) is 4.96. The van der Waals surface area contributed by atoms with Crippen molar-refractivity contribution in [2.45, 2.75) is 53.0 Å². The third-order valence-corrected chi connectivity index (χ3v) is 4.57. The molecule has 0 bridgehead atoms. The molecular formula is C12H27NO2S. The van der Waals surface area contributed by atoms with E-state index >= 15 is 0 Å². The van der Waals surface area contributed by atoms with Gasteiger partial charge in [-0.3, -0.25) is 0 Å². The molecule has 1 unspecified atom stereocenters. The Balaban J connectivity index is 3.65. The van der Waals surface area contributed by atoms with E-state index in [0.29, 0.717) is 17.5 Å². The Morgan fingerprint density at radius 3 is 2.25 bits per heavy atom. The van der Waals surface area contributed by atoms with Crippen molar-refractivity contribution in [3.05, 3.63) is 0 Å². The number of hydrogen-bond acceptors (Lipinski definition) is 3. The standard InChI is InChI=1S/C12H27NO2S/c1-5-13-12(4)8-6-7-9-16(14,15)10-11(2)3/h11-13H,5-10H2,1-4H3. The molecule has 0 fully saturated rings. The van der Waals surface area contributed by atoms with E-state index in [1.165, 1.54) is 0 Å². The third kappa shape index (κ3) is 9.16. The zero-order chi connectivity index (χ0) is 12.6. The first-order valence-electron chi connectivity index (χ1n) is 6.31. The van der Waals surface area contributed by atoms with Crippen molar-refractivity contribution in [3.63, 3.8) is 0 Å². The van der Waals surface area contributed by atoms with Gasteiger partial charge in [-0.1, -0.05) is 27.2 Å². The molecule has 0 spiro atoms. The van der Waals surface area contributed by atoms with Gasteiger partial charge in [0.05, 0.1) is 11.5 Å². The maximum absolute atomic E-state index is 11.6. The van der Waals surface area contributed by atoms with Crippen LogP contribution in [0.15, 0.2) is 0 Å². The summed E-state index contributed by atoms with van der Waals surface area (Å²) in [5, 5.41) is 3.33. The highest BCUT2D eigenvalue weighted by Crippen LogP contribution is 2.06. The first kappa shape index (κ1) is 15.9. The van der Waals surface area contributed by atoms with Gasteiger partial charge in [0, 0.05) is 6.04 Å². The Bertz CT molecular complexity index is 260. The molecule has 0 saturated carbocycles. The summed E-state index contributed by atoms with van der Waals surface area (Å²) < 4.78 is 23.2. The van der Waals surface area contributed by atoms with E-state index in [0.717, 1.165) is 25.8 Å². The summed E-state index contributed by atoms with van der Waals surface area (Å²) in [5.41, 5.74) is 0. The minimum absolute atomic E-state index is 0.241. The molecule has 0 aliphatic rings. The van der Waals surface area contributed by atoms with Crippen molar-refractivity contribution in [1.29, 1.82) is 0 Å². The molecule has 0 rings (SSSR count). The van der Waals surface area contributed by atoms with Crippen molar-refractivity contribution in [1.82, 2.24) is 5.32 Å². The molecule has 0 radical (unpaired) electrons. The summed E-state index contributed by atoms with van der Waals surface area (Å²) in [7, 11) is -2.81. The van der Waals surface area contributed by atoms with E-state index < -0.39 is 9.84 Å². The number of rotatable bonds is 9. The molecule has 0 amide bonds. The molecule has 0 aliphatic carbocycles. The fourth-order valence-corrected chi connectivity index (χ4v) is 3.64. The van der Waals surface area contributed by atoms with Crippen molar-refractivity contribution in [3.8, 4) is 0 Å². The van der Waals surface area contributed by atoms with Crippen LogP contribution in [0.1, 0.15) is 47.0 Å². The molecule has 0 saturated heterocycles. The van der Waals surface area contributed by atoms with E-state index in [-0.39, 0.29) is 5.92 Å². The number of nitrogens with one attached hydrogen (secondary N) is 1. The molecule has 1 N–H and O–H groups in total. The van der Waals surface area contributed by atoms with Gasteiger partial charge in [0.1, 0.15) is 0 Å². The summed E-state index contributed by atoms with van der Waals surface area (Å²) >= 11 is 0. The first-order valence-corrected chi connectivity index (χ1v) is 8.13. The monoisotopic (exact) mass is 249 g/mol. The van der Waals surface area contributed by atoms with Crippen LogP contribution in [0.5, 0.6) is 0 Å². The fourth-order valence-electron chi connectivity index (χ4n) is 1.81. The van der Waals surface area contributed by atoms with Crippen LogP contribution in [0.2, 0.25) is 0 Å². The lowest BCUT2D eigenvalue weighted by atomic mass is 10.1. The Morgan fingerprint density at radius 2 is 1.75 bits per heavy atom. The molecule has 16 heavy (non-hydrogen) atoms. The summed E-state index contributed by atoms with van der Waals surface area (Å²) in [6, 6.07) is 0.498. The van der Waals surface area contributed by atoms with Crippen LogP contribution in [0.3, 0.4) is 0 Å². The molecule has 0 aliphatic heterocycles. The Kier molecular flexibility index (Phi) is 8.02. The lowest BCUT2D eigenvalue weighted by molar-refractivity contribution is 0.506. The van der Waals surface area contributed by atoms with E-state index in [4.69, 9.17) is 0 Å². The molecule has 0 heterocycles.